The Bertz CT molecular complexity index is 881. The Morgan fingerprint density at radius 3 is 2.28 bits per heavy atom. The van der Waals surface area contributed by atoms with E-state index >= 15 is 0 Å². The van der Waals surface area contributed by atoms with E-state index in [0.29, 0.717) is 16.6 Å². The highest BCUT2D eigenvalue weighted by atomic mass is 19.4. The van der Waals surface area contributed by atoms with E-state index in [9.17, 15) is 22.0 Å². The summed E-state index contributed by atoms with van der Waals surface area (Å²) in [4.78, 5) is 7.29. The number of imidazole rings is 1. The number of ether oxygens (including phenoxy) is 1. The molecule has 0 saturated carbocycles. The number of pyridine rings is 2. The lowest BCUT2D eigenvalue weighted by molar-refractivity contribution is -0.145. The first-order chi connectivity index (χ1) is 11.6. The normalized spacial score (nSPS) is 12.6. The van der Waals surface area contributed by atoms with E-state index in [1.807, 2.05) is 0 Å². The van der Waals surface area contributed by atoms with Crippen LogP contribution in [-0.4, -0.2) is 26.9 Å². The molecule has 3 heterocycles. The number of alkyl halides is 5. The van der Waals surface area contributed by atoms with Gasteiger partial charge in [-0.05, 0) is 17.7 Å². The number of hydrogen-bond donors (Lipinski definition) is 0. The molecule has 0 bridgehead atoms. The molecule has 3 rings (SSSR count). The highest BCUT2D eigenvalue weighted by Crippen LogP contribution is 2.30. The number of rotatable bonds is 4. The van der Waals surface area contributed by atoms with Gasteiger partial charge in [-0.1, -0.05) is 6.07 Å². The molecule has 0 aromatic carbocycles. The average molecular weight is 357 g/mol. The molecule has 0 N–H and O–H groups in total. The van der Waals surface area contributed by atoms with Crippen molar-refractivity contribution in [2.24, 2.45) is 0 Å². The first kappa shape index (κ1) is 17.1. The Hall–Kier alpha value is -2.71. The van der Waals surface area contributed by atoms with Gasteiger partial charge in [0, 0.05) is 30.9 Å². The molecule has 0 aliphatic heterocycles. The Morgan fingerprint density at radius 1 is 0.960 bits per heavy atom. The van der Waals surface area contributed by atoms with Crippen molar-refractivity contribution < 1.29 is 26.7 Å². The predicted molar refractivity (Wildman–Crippen MR) is 79.5 cm³/mol. The van der Waals surface area contributed by atoms with Gasteiger partial charge in [0.2, 0.25) is 11.7 Å². The van der Waals surface area contributed by atoms with Crippen molar-refractivity contribution >= 4 is 5.52 Å². The molecule has 0 atom stereocenters. The van der Waals surface area contributed by atoms with E-state index in [2.05, 4.69) is 9.97 Å². The third kappa shape index (κ3) is 3.86. The number of hydrogen-bond acceptors (Lipinski definition) is 3. The minimum Gasteiger partial charge on any atom is -0.471 e. The molecule has 3 aromatic rings. The van der Waals surface area contributed by atoms with E-state index in [1.165, 1.54) is 30.6 Å². The molecule has 0 aliphatic rings. The number of nitrogens with zero attached hydrogens (tertiary/aromatic N) is 3. The average Bonchev–Trinajstić information content (AvgIpc) is 2.96. The lowest BCUT2D eigenvalue weighted by Gasteiger charge is -2.11. The molecule has 0 unspecified atom stereocenters. The molecule has 9 heteroatoms. The molecule has 0 spiro atoms. The fourth-order valence-electron chi connectivity index (χ4n) is 2.21. The first-order valence-electron chi connectivity index (χ1n) is 7.15. The third-order valence-electron chi connectivity index (χ3n) is 3.32. The SMILES string of the molecule is CC(F)(F)COc1ccc(-c2ccc3cnc(C(F)(F)F)n3c2)cn1. The van der Waals surface area contributed by atoms with E-state index in [-0.39, 0.29) is 5.88 Å². The molecule has 0 radical (unpaired) electrons. The highest BCUT2D eigenvalue weighted by Gasteiger charge is 2.35. The van der Waals surface area contributed by atoms with Crippen LogP contribution in [0.25, 0.3) is 16.6 Å². The smallest absolute Gasteiger partial charge is 0.450 e. The van der Waals surface area contributed by atoms with Crippen LogP contribution in [0.1, 0.15) is 12.7 Å². The molecular formula is C16H12F5N3O. The van der Waals surface area contributed by atoms with Gasteiger partial charge in [0.1, 0.15) is 0 Å². The molecule has 0 saturated heterocycles. The van der Waals surface area contributed by atoms with Crippen molar-refractivity contribution in [1.82, 2.24) is 14.4 Å². The van der Waals surface area contributed by atoms with Crippen LogP contribution < -0.4 is 4.74 Å². The van der Waals surface area contributed by atoms with E-state index in [4.69, 9.17) is 4.74 Å². The van der Waals surface area contributed by atoms with Gasteiger partial charge in [-0.2, -0.15) is 13.2 Å². The summed E-state index contributed by atoms with van der Waals surface area (Å²) < 4.78 is 70.1. The van der Waals surface area contributed by atoms with Crippen LogP contribution in [0.3, 0.4) is 0 Å². The summed E-state index contributed by atoms with van der Waals surface area (Å²) in [7, 11) is 0. The predicted octanol–water partition coefficient (Wildman–Crippen LogP) is 4.45. The molecule has 4 nitrogen and oxygen atoms in total. The lowest BCUT2D eigenvalue weighted by Crippen LogP contribution is -2.21. The zero-order chi connectivity index (χ0) is 18.2. The third-order valence-corrected chi connectivity index (χ3v) is 3.32. The second kappa shape index (κ2) is 5.98. The lowest BCUT2D eigenvalue weighted by atomic mass is 10.1. The monoisotopic (exact) mass is 357 g/mol. The van der Waals surface area contributed by atoms with Gasteiger partial charge in [0.05, 0.1) is 11.7 Å². The van der Waals surface area contributed by atoms with Gasteiger partial charge in [0.25, 0.3) is 5.92 Å². The minimum absolute atomic E-state index is 0.00460. The Labute approximate surface area is 138 Å². The molecule has 0 aliphatic carbocycles. The van der Waals surface area contributed by atoms with Crippen LogP contribution in [0.4, 0.5) is 22.0 Å². The minimum atomic E-state index is -4.58. The summed E-state index contributed by atoms with van der Waals surface area (Å²) in [5.74, 6) is -4.01. The molecule has 25 heavy (non-hydrogen) atoms. The van der Waals surface area contributed by atoms with Crippen LogP contribution in [0.15, 0.2) is 42.9 Å². The standard InChI is InChI=1S/C16H12F5N3O/c1-15(17,18)9-25-13-5-3-10(6-22-13)11-2-4-12-7-23-14(16(19,20)21)24(12)8-11/h2-8H,9H2,1H3. The van der Waals surface area contributed by atoms with E-state index < -0.39 is 24.5 Å². The van der Waals surface area contributed by atoms with Crippen LogP contribution in [0.2, 0.25) is 0 Å². The summed E-state index contributed by atoms with van der Waals surface area (Å²) >= 11 is 0. The zero-order valence-electron chi connectivity index (χ0n) is 12.9. The van der Waals surface area contributed by atoms with Gasteiger partial charge in [-0.25, -0.2) is 18.7 Å². The topological polar surface area (TPSA) is 39.4 Å². The maximum Gasteiger partial charge on any atom is 0.450 e. The van der Waals surface area contributed by atoms with Crippen molar-refractivity contribution in [2.75, 3.05) is 6.61 Å². The van der Waals surface area contributed by atoms with Crippen LogP contribution >= 0.6 is 0 Å². The quantitative estimate of drug-likeness (QED) is 0.648. The fourth-order valence-corrected chi connectivity index (χ4v) is 2.21. The number of halogens is 5. The van der Waals surface area contributed by atoms with Crippen molar-refractivity contribution in [3.63, 3.8) is 0 Å². The molecular weight excluding hydrogens is 345 g/mol. The molecule has 3 aromatic heterocycles. The largest absolute Gasteiger partial charge is 0.471 e. The van der Waals surface area contributed by atoms with E-state index in [1.54, 1.807) is 6.07 Å². The van der Waals surface area contributed by atoms with Gasteiger partial charge >= 0.3 is 6.18 Å². The van der Waals surface area contributed by atoms with Crippen molar-refractivity contribution in [3.8, 4) is 17.0 Å². The Balaban J connectivity index is 1.89. The Morgan fingerprint density at radius 2 is 1.68 bits per heavy atom. The van der Waals surface area contributed by atoms with Gasteiger partial charge in [0.15, 0.2) is 6.61 Å². The van der Waals surface area contributed by atoms with Crippen molar-refractivity contribution in [2.45, 2.75) is 19.0 Å². The summed E-state index contributed by atoms with van der Waals surface area (Å²) in [5, 5.41) is 0. The van der Waals surface area contributed by atoms with Crippen LogP contribution in [-0.2, 0) is 6.18 Å². The summed E-state index contributed by atoms with van der Waals surface area (Å²) in [6, 6.07) is 6.03. The highest BCUT2D eigenvalue weighted by molar-refractivity contribution is 5.65. The van der Waals surface area contributed by atoms with E-state index in [0.717, 1.165) is 17.5 Å². The van der Waals surface area contributed by atoms with Crippen molar-refractivity contribution in [1.29, 1.82) is 0 Å². The van der Waals surface area contributed by atoms with Crippen LogP contribution in [0, 0.1) is 0 Å². The molecule has 132 valence electrons. The van der Waals surface area contributed by atoms with Gasteiger partial charge in [-0.3, -0.25) is 4.40 Å². The van der Waals surface area contributed by atoms with Gasteiger partial charge < -0.3 is 4.74 Å². The maximum atomic E-state index is 12.9. The van der Waals surface area contributed by atoms with Crippen molar-refractivity contribution in [3.05, 3.63) is 48.7 Å². The Kier molecular flexibility index (Phi) is 4.09. The summed E-state index contributed by atoms with van der Waals surface area (Å²) in [6.45, 7) is -0.0881. The fraction of sp³-hybridized carbons (Fsp3) is 0.250. The summed E-state index contributed by atoms with van der Waals surface area (Å²) in [6.07, 6.45) is -0.809. The second-order valence-corrected chi connectivity index (χ2v) is 5.54. The first-order valence-corrected chi connectivity index (χ1v) is 7.15. The number of fused-ring (bicyclic) bond motifs is 1. The molecule has 0 fully saturated rings. The zero-order valence-corrected chi connectivity index (χ0v) is 12.9. The number of aromatic nitrogens is 3. The molecule has 0 amide bonds. The second-order valence-electron chi connectivity index (χ2n) is 5.54. The van der Waals surface area contributed by atoms with Gasteiger partial charge in [-0.15, -0.1) is 0 Å². The van der Waals surface area contributed by atoms with Crippen LogP contribution in [0.5, 0.6) is 5.88 Å². The summed E-state index contributed by atoms with van der Waals surface area (Å²) in [5.41, 5.74) is 1.28. The maximum absolute atomic E-state index is 12.9.